The molecule has 4 aromatic rings. The number of nitrogens with one attached hydrogen (secondary N) is 1. The number of hydrogen-bond donors (Lipinski definition) is 2. The SMILES string of the molecule is COCCCN(Cc1nc2scc(-c3ccc(C)c(C)c3)c2c(=O)[nH]1)CC(O)Cc1ccccc1. The zero-order chi connectivity index (χ0) is 24.8. The summed E-state index contributed by atoms with van der Waals surface area (Å²) in [6.07, 6.45) is 0.889. The van der Waals surface area contributed by atoms with Crippen molar-refractivity contribution in [3.05, 3.63) is 86.8 Å². The van der Waals surface area contributed by atoms with E-state index in [1.807, 2.05) is 35.7 Å². The van der Waals surface area contributed by atoms with Gasteiger partial charge in [-0.3, -0.25) is 9.69 Å². The van der Waals surface area contributed by atoms with Crippen molar-refractivity contribution >= 4 is 21.6 Å². The highest BCUT2D eigenvalue weighted by Crippen LogP contribution is 2.31. The van der Waals surface area contributed by atoms with E-state index in [1.54, 1.807) is 7.11 Å². The van der Waals surface area contributed by atoms with E-state index in [-0.39, 0.29) is 5.56 Å². The van der Waals surface area contributed by atoms with Crippen molar-refractivity contribution in [1.29, 1.82) is 0 Å². The molecular weight excluding hydrogens is 458 g/mol. The molecule has 2 heterocycles. The lowest BCUT2D eigenvalue weighted by Gasteiger charge is -2.24. The number of fused-ring (bicyclic) bond motifs is 1. The molecule has 2 N–H and O–H groups in total. The van der Waals surface area contributed by atoms with Crippen LogP contribution in [-0.4, -0.2) is 52.9 Å². The molecule has 35 heavy (non-hydrogen) atoms. The van der Waals surface area contributed by atoms with Gasteiger partial charge in [0, 0.05) is 37.7 Å². The number of aromatic nitrogens is 2. The predicted octanol–water partition coefficient (Wildman–Crippen LogP) is 4.71. The molecule has 0 saturated heterocycles. The van der Waals surface area contributed by atoms with Gasteiger partial charge in [-0.25, -0.2) is 4.98 Å². The second kappa shape index (κ2) is 11.7. The summed E-state index contributed by atoms with van der Waals surface area (Å²) in [5.41, 5.74) is 5.35. The smallest absolute Gasteiger partial charge is 0.260 e. The van der Waals surface area contributed by atoms with Crippen molar-refractivity contribution in [3.8, 4) is 11.1 Å². The molecule has 184 valence electrons. The maximum absolute atomic E-state index is 13.1. The van der Waals surface area contributed by atoms with Crippen LogP contribution in [0.3, 0.4) is 0 Å². The first-order valence-electron chi connectivity index (χ1n) is 12.0. The monoisotopic (exact) mass is 491 g/mol. The molecule has 0 aliphatic rings. The van der Waals surface area contributed by atoms with Crippen molar-refractivity contribution in [2.75, 3.05) is 26.8 Å². The molecule has 7 heteroatoms. The van der Waals surface area contributed by atoms with E-state index in [9.17, 15) is 9.90 Å². The molecule has 0 radical (unpaired) electrons. The van der Waals surface area contributed by atoms with E-state index in [4.69, 9.17) is 9.72 Å². The van der Waals surface area contributed by atoms with Crippen LogP contribution >= 0.6 is 11.3 Å². The topological polar surface area (TPSA) is 78.5 Å². The molecule has 1 atom stereocenters. The minimum Gasteiger partial charge on any atom is -0.391 e. The maximum atomic E-state index is 13.1. The van der Waals surface area contributed by atoms with Crippen LogP contribution in [0, 0.1) is 13.8 Å². The number of aromatic amines is 1. The van der Waals surface area contributed by atoms with Crippen molar-refractivity contribution in [2.45, 2.75) is 39.3 Å². The first-order chi connectivity index (χ1) is 16.9. The van der Waals surface area contributed by atoms with E-state index in [1.165, 1.54) is 22.5 Å². The van der Waals surface area contributed by atoms with Gasteiger partial charge in [0.1, 0.15) is 10.7 Å². The minimum atomic E-state index is -0.520. The summed E-state index contributed by atoms with van der Waals surface area (Å²) in [4.78, 5) is 23.8. The molecule has 0 bridgehead atoms. The summed E-state index contributed by atoms with van der Waals surface area (Å²) in [5.74, 6) is 0.611. The number of aliphatic hydroxyl groups excluding tert-OH is 1. The number of benzene rings is 2. The fourth-order valence-corrected chi connectivity index (χ4v) is 5.28. The van der Waals surface area contributed by atoms with Gasteiger partial charge in [-0.1, -0.05) is 48.5 Å². The van der Waals surface area contributed by atoms with Crippen molar-refractivity contribution in [3.63, 3.8) is 0 Å². The Kier molecular flexibility index (Phi) is 8.46. The van der Waals surface area contributed by atoms with Crippen LogP contribution in [0.4, 0.5) is 0 Å². The van der Waals surface area contributed by atoms with E-state index < -0.39 is 6.10 Å². The van der Waals surface area contributed by atoms with Gasteiger partial charge in [-0.2, -0.15) is 0 Å². The summed E-state index contributed by atoms with van der Waals surface area (Å²) < 4.78 is 5.22. The molecule has 0 aliphatic carbocycles. The van der Waals surface area contributed by atoms with Gasteiger partial charge in [0.25, 0.3) is 5.56 Å². The second-order valence-corrected chi connectivity index (χ2v) is 9.92. The lowest BCUT2D eigenvalue weighted by Crippen LogP contribution is -2.35. The van der Waals surface area contributed by atoms with Gasteiger partial charge in [0.05, 0.1) is 18.0 Å². The Hall–Kier alpha value is -2.84. The zero-order valence-electron chi connectivity index (χ0n) is 20.6. The number of methoxy groups -OCH3 is 1. The van der Waals surface area contributed by atoms with Crippen LogP contribution in [0.1, 0.15) is 28.9 Å². The van der Waals surface area contributed by atoms with Crippen LogP contribution < -0.4 is 5.56 Å². The number of aryl methyl sites for hydroxylation is 2. The Morgan fingerprint density at radius 1 is 1.14 bits per heavy atom. The first kappa shape index (κ1) is 25.3. The highest BCUT2D eigenvalue weighted by atomic mass is 32.1. The normalized spacial score (nSPS) is 12.5. The van der Waals surface area contributed by atoms with E-state index in [0.29, 0.717) is 37.3 Å². The predicted molar refractivity (Wildman–Crippen MR) is 143 cm³/mol. The van der Waals surface area contributed by atoms with Gasteiger partial charge in [-0.15, -0.1) is 11.3 Å². The second-order valence-electron chi connectivity index (χ2n) is 9.07. The molecule has 0 saturated carbocycles. The Morgan fingerprint density at radius 2 is 1.94 bits per heavy atom. The molecule has 0 fully saturated rings. The largest absolute Gasteiger partial charge is 0.391 e. The molecule has 4 rings (SSSR count). The third-order valence-electron chi connectivity index (χ3n) is 6.29. The standard InChI is InChI=1S/C28H33N3O3S/c1-19-10-11-22(14-20(19)2)24-18-35-28-26(24)27(33)29-25(30-28)17-31(12-7-13-34-3)16-23(32)15-21-8-5-4-6-9-21/h4-6,8-11,14,18,23,32H,7,12-13,15-17H2,1-3H3,(H,29,30,33). The van der Waals surface area contributed by atoms with Crippen LogP contribution in [0.2, 0.25) is 0 Å². The number of rotatable bonds is 11. The summed E-state index contributed by atoms with van der Waals surface area (Å²) >= 11 is 1.49. The van der Waals surface area contributed by atoms with Crippen LogP contribution in [0.5, 0.6) is 0 Å². The summed E-state index contributed by atoms with van der Waals surface area (Å²) in [6, 6.07) is 16.2. The molecule has 1 unspecified atom stereocenters. The zero-order valence-corrected chi connectivity index (χ0v) is 21.4. The molecule has 6 nitrogen and oxygen atoms in total. The summed E-state index contributed by atoms with van der Waals surface area (Å²) in [6.45, 7) is 6.48. The number of nitrogens with zero attached hydrogens (tertiary/aromatic N) is 2. The van der Waals surface area contributed by atoms with Crippen molar-refractivity contribution in [2.24, 2.45) is 0 Å². The summed E-state index contributed by atoms with van der Waals surface area (Å²) in [7, 11) is 1.69. The molecule has 0 amide bonds. The lowest BCUT2D eigenvalue weighted by molar-refractivity contribution is 0.0980. The fraction of sp³-hybridized carbons (Fsp3) is 0.357. The van der Waals surface area contributed by atoms with E-state index >= 15 is 0 Å². The Bertz CT molecular complexity index is 1320. The van der Waals surface area contributed by atoms with E-state index in [2.05, 4.69) is 41.9 Å². The Balaban J connectivity index is 1.54. The number of hydrogen-bond acceptors (Lipinski definition) is 6. The van der Waals surface area contributed by atoms with E-state index in [0.717, 1.165) is 34.5 Å². The quantitative estimate of drug-likeness (QED) is 0.297. The third-order valence-corrected chi connectivity index (χ3v) is 7.16. The van der Waals surface area contributed by atoms with Crippen LogP contribution in [0.15, 0.2) is 58.7 Å². The maximum Gasteiger partial charge on any atom is 0.260 e. The molecule has 2 aromatic carbocycles. The fourth-order valence-electron chi connectivity index (χ4n) is 4.32. The Morgan fingerprint density at radius 3 is 2.69 bits per heavy atom. The number of H-pyrrole nitrogens is 1. The van der Waals surface area contributed by atoms with Gasteiger partial charge in [-0.05, 0) is 48.9 Å². The number of aliphatic hydroxyl groups is 1. The number of ether oxygens (including phenoxy) is 1. The van der Waals surface area contributed by atoms with Crippen molar-refractivity contribution < 1.29 is 9.84 Å². The first-order valence-corrected chi connectivity index (χ1v) is 12.8. The van der Waals surface area contributed by atoms with Gasteiger partial charge >= 0.3 is 0 Å². The highest BCUT2D eigenvalue weighted by Gasteiger charge is 2.17. The molecular formula is C28H33N3O3S. The number of thiophene rings is 1. The van der Waals surface area contributed by atoms with Gasteiger partial charge in [0.15, 0.2) is 0 Å². The van der Waals surface area contributed by atoms with Crippen LogP contribution in [-0.2, 0) is 17.7 Å². The Labute approximate surface area is 210 Å². The van der Waals surface area contributed by atoms with Gasteiger partial charge < -0.3 is 14.8 Å². The van der Waals surface area contributed by atoms with Gasteiger partial charge in [0.2, 0.25) is 0 Å². The lowest BCUT2D eigenvalue weighted by atomic mass is 10.0. The minimum absolute atomic E-state index is 0.124. The average Bonchev–Trinajstić information content (AvgIpc) is 3.26. The molecule has 0 spiro atoms. The van der Waals surface area contributed by atoms with Crippen molar-refractivity contribution in [1.82, 2.24) is 14.9 Å². The third kappa shape index (κ3) is 6.44. The summed E-state index contributed by atoms with van der Waals surface area (Å²) in [5, 5.41) is 13.4. The highest BCUT2D eigenvalue weighted by molar-refractivity contribution is 7.17. The molecule has 2 aromatic heterocycles. The van der Waals surface area contributed by atoms with Crippen LogP contribution in [0.25, 0.3) is 21.3 Å². The average molecular weight is 492 g/mol. The molecule has 0 aliphatic heterocycles.